The number of nitrogens with zero attached hydrogens (tertiary/aromatic N) is 3. The predicted octanol–water partition coefficient (Wildman–Crippen LogP) is 4.71. The van der Waals surface area contributed by atoms with Crippen LogP contribution >= 0.6 is 11.6 Å². The zero-order valence-electron chi connectivity index (χ0n) is 15.5. The monoisotopic (exact) mass is 384 g/mol. The number of rotatable bonds is 5. The fourth-order valence-electron chi connectivity index (χ4n) is 2.70. The van der Waals surface area contributed by atoms with Crippen molar-refractivity contribution in [3.63, 3.8) is 0 Å². The van der Waals surface area contributed by atoms with Crippen LogP contribution < -0.4 is 5.32 Å². The minimum Gasteiger partial charge on any atom is -0.334 e. The number of urea groups is 1. The van der Waals surface area contributed by atoms with Gasteiger partial charge in [-0.25, -0.2) is 4.79 Å². The van der Waals surface area contributed by atoms with E-state index in [2.05, 4.69) is 21.5 Å². The second kappa shape index (κ2) is 8.22. The van der Waals surface area contributed by atoms with Crippen molar-refractivity contribution in [1.82, 2.24) is 15.0 Å². The second-order valence-electron chi connectivity index (χ2n) is 6.50. The van der Waals surface area contributed by atoms with Crippen molar-refractivity contribution in [2.24, 2.45) is 0 Å². The quantitative estimate of drug-likeness (QED) is 0.691. The van der Waals surface area contributed by atoms with Crippen molar-refractivity contribution in [3.05, 3.63) is 64.4 Å². The van der Waals surface area contributed by atoms with Gasteiger partial charge in [0.1, 0.15) is 0 Å². The largest absolute Gasteiger partial charge is 0.334 e. The molecule has 0 bridgehead atoms. The van der Waals surface area contributed by atoms with Crippen LogP contribution in [0.15, 0.2) is 47.0 Å². The number of anilines is 1. The van der Waals surface area contributed by atoms with Gasteiger partial charge in [0.15, 0.2) is 5.82 Å². The molecule has 0 unspecified atom stereocenters. The Hall–Kier alpha value is -2.86. The molecule has 1 heterocycles. The molecule has 0 aliphatic carbocycles. The Kier molecular flexibility index (Phi) is 5.76. The molecule has 2 aromatic carbocycles. The fraction of sp³-hybridized carbons (Fsp3) is 0.250. The molecule has 0 fully saturated rings. The van der Waals surface area contributed by atoms with E-state index >= 15 is 0 Å². The van der Waals surface area contributed by atoms with Crippen molar-refractivity contribution in [2.45, 2.75) is 20.3 Å². The highest BCUT2D eigenvalue weighted by molar-refractivity contribution is 6.30. The van der Waals surface area contributed by atoms with Crippen molar-refractivity contribution in [2.75, 3.05) is 18.9 Å². The molecule has 0 aliphatic rings. The van der Waals surface area contributed by atoms with E-state index in [0.29, 0.717) is 29.7 Å². The van der Waals surface area contributed by atoms with E-state index in [1.807, 2.05) is 38.1 Å². The number of carbonyl (C=O) groups is 1. The van der Waals surface area contributed by atoms with Crippen LogP contribution in [0.3, 0.4) is 0 Å². The molecule has 0 spiro atoms. The Labute approximate surface area is 163 Å². The van der Waals surface area contributed by atoms with Crippen molar-refractivity contribution < 1.29 is 9.32 Å². The normalized spacial score (nSPS) is 10.7. The zero-order valence-corrected chi connectivity index (χ0v) is 16.2. The van der Waals surface area contributed by atoms with Crippen LogP contribution in [-0.2, 0) is 6.42 Å². The van der Waals surface area contributed by atoms with Gasteiger partial charge in [-0.1, -0.05) is 22.8 Å². The Morgan fingerprint density at radius 3 is 2.48 bits per heavy atom. The third-order valence-electron chi connectivity index (χ3n) is 4.05. The zero-order chi connectivity index (χ0) is 19.4. The average molecular weight is 385 g/mol. The molecule has 0 saturated heterocycles. The summed E-state index contributed by atoms with van der Waals surface area (Å²) in [5.74, 6) is 0.981. The lowest BCUT2D eigenvalue weighted by atomic mass is 10.1. The highest BCUT2D eigenvalue weighted by Gasteiger charge is 2.13. The first-order valence-corrected chi connectivity index (χ1v) is 8.97. The average Bonchev–Trinajstić information content (AvgIpc) is 3.08. The summed E-state index contributed by atoms with van der Waals surface area (Å²) in [7, 11) is 1.73. The summed E-state index contributed by atoms with van der Waals surface area (Å²) in [6, 6.07) is 13.0. The third kappa shape index (κ3) is 5.08. The van der Waals surface area contributed by atoms with Gasteiger partial charge in [-0.05, 0) is 61.4 Å². The van der Waals surface area contributed by atoms with E-state index in [1.165, 1.54) is 0 Å². The van der Waals surface area contributed by atoms with Gasteiger partial charge in [-0.15, -0.1) is 0 Å². The van der Waals surface area contributed by atoms with E-state index in [0.717, 1.165) is 22.4 Å². The van der Waals surface area contributed by atoms with Gasteiger partial charge in [0.05, 0.1) is 0 Å². The number of carbonyl (C=O) groups excluding carboxylic acids is 1. The van der Waals surface area contributed by atoms with Gasteiger partial charge < -0.3 is 14.7 Å². The summed E-state index contributed by atoms with van der Waals surface area (Å²) in [5, 5.41) is 7.53. The second-order valence-corrected chi connectivity index (χ2v) is 6.94. The number of likely N-dealkylation sites (N-methyl/N-ethyl adjacent to an activating group) is 1. The number of halogens is 1. The Morgan fingerprint density at radius 1 is 1.15 bits per heavy atom. The van der Waals surface area contributed by atoms with Gasteiger partial charge in [0, 0.05) is 36.3 Å². The Balaban J connectivity index is 1.56. The predicted molar refractivity (Wildman–Crippen MR) is 106 cm³/mol. The van der Waals surface area contributed by atoms with E-state index in [4.69, 9.17) is 16.1 Å². The van der Waals surface area contributed by atoms with Gasteiger partial charge in [0.25, 0.3) is 5.89 Å². The van der Waals surface area contributed by atoms with Crippen molar-refractivity contribution in [1.29, 1.82) is 0 Å². The van der Waals surface area contributed by atoms with Gasteiger partial charge in [-0.3, -0.25) is 0 Å². The van der Waals surface area contributed by atoms with Crippen molar-refractivity contribution >= 4 is 23.3 Å². The molecule has 0 aliphatic heterocycles. The number of aryl methyl sites for hydroxylation is 2. The topological polar surface area (TPSA) is 71.3 Å². The highest BCUT2D eigenvalue weighted by Crippen LogP contribution is 2.20. The lowest BCUT2D eigenvalue weighted by Crippen LogP contribution is -2.33. The molecule has 140 valence electrons. The minimum atomic E-state index is -0.179. The molecular formula is C20H21ClN4O2. The Morgan fingerprint density at radius 2 is 1.81 bits per heavy atom. The van der Waals surface area contributed by atoms with Crippen LogP contribution in [0.1, 0.15) is 17.0 Å². The smallest absolute Gasteiger partial charge is 0.321 e. The number of aromatic nitrogens is 2. The fourth-order valence-corrected chi connectivity index (χ4v) is 2.83. The van der Waals surface area contributed by atoms with Crippen LogP contribution in [0, 0.1) is 13.8 Å². The third-order valence-corrected chi connectivity index (χ3v) is 4.30. The molecule has 7 heteroatoms. The van der Waals surface area contributed by atoms with Crippen LogP contribution in [0.2, 0.25) is 5.02 Å². The first-order valence-electron chi connectivity index (χ1n) is 8.59. The summed E-state index contributed by atoms with van der Waals surface area (Å²) in [6.45, 7) is 4.47. The first kappa shape index (κ1) is 18.9. The molecule has 2 amide bonds. The van der Waals surface area contributed by atoms with Crippen LogP contribution in [0.25, 0.3) is 11.5 Å². The van der Waals surface area contributed by atoms with E-state index in [-0.39, 0.29) is 6.03 Å². The summed E-state index contributed by atoms with van der Waals surface area (Å²) in [5.41, 5.74) is 3.80. The lowest BCUT2D eigenvalue weighted by molar-refractivity contribution is 0.222. The molecular weight excluding hydrogens is 364 g/mol. The maximum absolute atomic E-state index is 12.4. The summed E-state index contributed by atoms with van der Waals surface area (Å²) in [4.78, 5) is 18.3. The lowest BCUT2D eigenvalue weighted by Gasteiger charge is -2.17. The first-order chi connectivity index (χ1) is 12.9. The summed E-state index contributed by atoms with van der Waals surface area (Å²) >= 11 is 5.88. The number of hydrogen-bond donors (Lipinski definition) is 1. The minimum absolute atomic E-state index is 0.179. The molecule has 3 rings (SSSR count). The molecule has 1 aromatic heterocycles. The number of nitrogens with one attached hydrogen (secondary N) is 1. The van der Waals surface area contributed by atoms with Gasteiger partial charge >= 0.3 is 6.03 Å². The SMILES string of the molecule is Cc1cc(C)cc(NC(=O)N(C)CCc2noc(-c3ccc(Cl)cc3)n2)c1. The number of benzene rings is 2. The molecule has 1 N–H and O–H groups in total. The maximum Gasteiger partial charge on any atom is 0.321 e. The van der Waals surface area contributed by atoms with E-state index in [1.54, 1.807) is 24.1 Å². The summed E-state index contributed by atoms with van der Waals surface area (Å²) < 4.78 is 5.28. The molecule has 6 nitrogen and oxygen atoms in total. The van der Waals surface area contributed by atoms with E-state index < -0.39 is 0 Å². The molecule has 0 saturated carbocycles. The standard InChI is InChI=1S/C20H21ClN4O2/c1-13-10-14(2)12-17(11-13)22-20(26)25(3)9-8-18-23-19(27-24-18)15-4-6-16(21)7-5-15/h4-7,10-12H,8-9H2,1-3H3,(H,22,26). The molecule has 27 heavy (non-hydrogen) atoms. The van der Waals surface area contributed by atoms with Gasteiger partial charge in [-0.2, -0.15) is 4.98 Å². The maximum atomic E-state index is 12.4. The molecule has 0 atom stereocenters. The highest BCUT2D eigenvalue weighted by atomic mass is 35.5. The Bertz CT molecular complexity index is 917. The van der Waals surface area contributed by atoms with Crippen molar-refractivity contribution in [3.8, 4) is 11.5 Å². The number of amides is 2. The van der Waals surface area contributed by atoms with E-state index in [9.17, 15) is 4.79 Å². The summed E-state index contributed by atoms with van der Waals surface area (Å²) in [6.07, 6.45) is 0.494. The number of hydrogen-bond acceptors (Lipinski definition) is 4. The van der Waals surface area contributed by atoms with Crippen LogP contribution in [0.4, 0.5) is 10.5 Å². The molecule has 0 radical (unpaired) electrons. The van der Waals surface area contributed by atoms with Crippen LogP contribution in [-0.4, -0.2) is 34.7 Å². The van der Waals surface area contributed by atoms with Gasteiger partial charge in [0.2, 0.25) is 0 Å². The molecule has 3 aromatic rings. The van der Waals surface area contributed by atoms with Crippen LogP contribution in [0.5, 0.6) is 0 Å².